The first-order chi connectivity index (χ1) is 6.13. The van der Waals surface area contributed by atoms with Crippen LogP contribution in [0.5, 0.6) is 0 Å². The van der Waals surface area contributed by atoms with E-state index in [9.17, 15) is 4.79 Å². The van der Waals surface area contributed by atoms with E-state index in [1.807, 2.05) is 13.8 Å². The summed E-state index contributed by atoms with van der Waals surface area (Å²) in [7, 11) is 0. The van der Waals surface area contributed by atoms with Gasteiger partial charge in [-0.1, -0.05) is 6.92 Å². The number of aryl methyl sites for hydroxylation is 1. The van der Waals surface area contributed by atoms with Gasteiger partial charge in [0.1, 0.15) is 0 Å². The Morgan fingerprint density at radius 3 is 2.85 bits per heavy atom. The number of aromatic nitrogens is 1. The maximum Gasteiger partial charge on any atom is 0.331 e. The standard InChI is InChI=1S/C9H11NO2S/c1-3-7(9(11)12)4-8-5-10-6(2)13-8/h4-5H,3H2,1-2H3,(H,11,12). The van der Waals surface area contributed by atoms with Crippen LogP contribution in [0.2, 0.25) is 0 Å². The average molecular weight is 197 g/mol. The van der Waals surface area contributed by atoms with E-state index in [4.69, 9.17) is 5.11 Å². The second-order valence-corrected chi connectivity index (χ2v) is 3.88. The lowest BCUT2D eigenvalue weighted by Gasteiger charge is -1.94. The predicted octanol–water partition coefficient (Wildman–Crippen LogP) is 2.33. The first-order valence-electron chi connectivity index (χ1n) is 3.99. The van der Waals surface area contributed by atoms with Crippen molar-refractivity contribution in [2.24, 2.45) is 0 Å². The zero-order valence-corrected chi connectivity index (χ0v) is 8.39. The number of carboxylic acid groups (broad SMARTS) is 1. The minimum absolute atomic E-state index is 0.420. The van der Waals surface area contributed by atoms with Gasteiger partial charge in [0.05, 0.1) is 5.01 Å². The monoisotopic (exact) mass is 197 g/mol. The molecule has 13 heavy (non-hydrogen) atoms. The van der Waals surface area contributed by atoms with Gasteiger partial charge in [-0.3, -0.25) is 0 Å². The Kier molecular flexibility index (Phi) is 3.19. The fraction of sp³-hybridized carbons (Fsp3) is 0.333. The fourth-order valence-corrected chi connectivity index (χ4v) is 1.68. The summed E-state index contributed by atoms with van der Waals surface area (Å²) in [6.07, 6.45) is 3.90. The lowest BCUT2D eigenvalue weighted by Crippen LogP contribution is -1.98. The molecule has 0 saturated heterocycles. The molecule has 0 unspecified atom stereocenters. The van der Waals surface area contributed by atoms with Crippen molar-refractivity contribution in [2.75, 3.05) is 0 Å². The molecular weight excluding hydrogens is 186 g/mol. The van der Waals surface area contributed by atoms with E-state index in [1.54, 1.807) is 12.3 Å². The molecule has 0 atom stereocenters. The van der Waals surface area contributed by atoms with E-state index >= 15 is 0 Å². The Labute approximate surface area is 80.7 Å². The third-order valence-electron chi connectivity index (χ3n) is 1.61. The largest absolute Gasteiger partial charge is 0.478 e. The number of rotatable bonds is 3. The highest BCUT2D eigenvalue weighted by Gasteiger charge is 2.04. The van der Waals surface area contributed by atoms with E-state index in [0.717, 1.165) is 9.88 Å². The molecule has 0 aliphatic heterocycles. The second kappa shape index (κ2) is 4.18. The van der Waals surface area contributed by atoms with Crippen molar-refractivity contribution in [3.63, 3.8) is 0 Å². The quantitative estimate of drug-likeness (QED) is 0.756. The molecule has 0 aliphatic carbocycles. The summed E-state index contributed by atoms with van der Waals surface area (Å²) in [5, 5.41) is 9.71. The highest BCUT2D eigenvalue weighted by Crippen LogP contribution is 2.16. The van der Waals surface area contributed by atoms with Crippen molar-refractivity contribution < 1.29 is 9.90 Å². The Hall–Kier alpha value is -1.16. The second-order valence-electron chi connectivity index (χ2n) is 2.61. The van der Waals surface area contributed by atoms with Crippen LogP contribution in [0.25, 0.3) is 6.08 Å². The summed E-state index contributed by atoms with van der Waals surface area (Å²) in [6, 6.07) is 0. The molecule has 0 spiro atoms. The van der Waals surface area contributed by atoms with Gasteiger partial charge in [-0.05, 0) is 19.4 Å². The van der Waals surface area contributed by atoms with Crippen LogP contribution in [0.4, 0.5) is 0 Å². The molecule has 0 saturated carbocycles. The van der Waals surface area contributed by atoms with Crippen molar-refractivity contribution in [1.82, 2.24) is 4.98 Å². The molecule has 1 heterocycles. The van der Waals surface area contributed by atoms with Gasteiger partial charge in [0.15, 0.2) is 0 Å². The van der Waals surface area contributed by atoms with E-state index in [-0.39, 0.29) is 0 Å². The minimum atomic E-state index is -0.853. The molecular formula is C9H11NO2S. The average Bonchev–Trinajstić information content (AvgIpc) is 2.46. The van der Waals surface area contributed by atoms with Crippen molar-refractivity contribution in [3.8, 4) is 0 Å². The molecule has 1 N–H and O–H groups in total. The van der Waals surface area contributed by atoms with Crippen molar-refractivity contribution in [1.29, 1.82) is 0 Å². The van der Waals surface area contributed by atoms with Crippen LogP contribution in [0.1, 0.15) is 23.2 Å². The first kappa shape index (κ1) is 9.92. The van der Waals surface area contributed by atoms with E-state index in [1.165, 1.54) is 11.3 Å². The van der Waals surface area contributed by atoms with Gasteiger partial charge >= 0.3 is 5.97 Å². The summed E-state index contributed by atoms with van der Waals surface area (Å²) in [5.74, 6) is -0.853. The molecule has 4 heteroatoms. The Bertz CT molecular complexity index is 341. The lowest BCUT2D eigenvalue weighted by atomic mass is 10.2. The molecule has 70 valence electrons. The van der Waals surface area contributed by atoms with Crippen molar-refractivity contribution in [3.05, 3.63) is 21.7 Å². The number of nitrogens with zero attached hydrogens (tertiary/aromatic N) is 1. The van der Waals surface area contributed by atoms with Gasteiger partial charge in [0.2, 0.25) is 0 Å². The van der Waals surface area contributed by atoms with Crippen LogP contribution in [0, 0.1) is 6.92 Å². The molecule has 0 bridgehead atoms. The summed E-state index contributed by atoms with van der Waals surface area (Å²) in [6.45, 7) is 3.72. The number of hydrogen-bond acceptors (Lipinski definition) is 3. The molecule has 1 aromatic heterocycles. The predicted molar refractivity (Wildman–Crippen MR) is 52.8 cm³/mol. The number of hydrogen-bond donors (Lipinski definition) is 1. The van der Waals surface area contributed by atoms with Crippen LogP contribution in [-0.2, 0) is 4.79 Å². The Morgan fingerprint density at radius 1 is 1.77 bits per heavy atom. The molecule has 1 aromatic rings. The lowest BCUT2D eigenvalue weighted by molar-refractivity contribution is -0.132. The molecule has 0 aliphatic rings. The van der Waals surface area contributed by atoms with E-state index in [2.05, 4.69) is 4.98 Å². The highest BCUT2D eigenvalue weighted by atomic mass is 32.1. The maximum atomic E-state index is 10.7. The van der Waals surface area contributed by atoms with Crippen molar-refractivity contribution >= 4 is 23.4 Å². The highest BCUT2D eigenvalue weighted by molar-refractivity contribution is 7.12. The molecule has 0 aromatic carbocycles. The normalized spacial score (nSPS) is 11.7. The SMILES string of the molecule is CCC(=Cc1cnc(C)s1)C(=O)O. The zero-order chi connectivity index (χ0) is 9.84. The molecule has 1 rings (SSSR count). The topological polar surface area (TPSA) is 50.2 Å². The van der Waals surface area contributed by atoms with Gasteiger partial charge in [0, 0.05) is 16.6 Å². The first-order valence-corrected chi connectivity index (χ1v) is 4.81. The molecule has 0 radical (unpaired) electrons. The number of thiazole rings is 1. The van der Waals surface area contributed by atoms with Crippen LogP contribution < -0.4 is 0 Å². The number of carboxylic acids is 1. The van der Waals surface area contributed by atoms with Crippen LogP contribution in [-0.4, -0.2) is 16.1 Å². The Balaban J connectivity index is 2.91. The fourth-order valence-electron chi connectivity index (χ4n) is 0.931. The van der Waals surface area contributed by atoms with E-state index < -0.39 is 5.97 Å². The molecule has 3 nitrogen and oxygen atoms in total. The van der Waals surface area contributed by atoms with E-state index in [0.29, 0.717) is 12.0 Å². The van der Waals surface area contributed by atoms with Crippen molar-refractivity contribution in [2.45, 2.75) is 20.3 Å². The molecule has 0 amide bonds. The maximum absolute atomic E-state index is 10.7. The van der Waals surface area contributed by atoms with Crippen LogP contribution in [0.15, 0.2) is 11.8 Å². The van der Waals surface area contributed by atoms with Gasteiger partial charge in [-0.2, -0.15) is 0 Å². The Morgan fingerprint density at radius 2 is 2.46 bits per heavy atom. The minimum Gasteiger partial charge on any atom is -0.478 e. The van der Waals surface area contributed by atoms with Gasteiger partial charge in [-0.25, -0.2) is 9.78 Å². The summed E-state index contributed by atoms with van der Waals surface area (Å²) in [4.78, 5) is 15.6. The van der Waals surface area contributed by atoms with Gasteiger partial charge in [-0.15, -0.1) is 11.3 Å². The summed E-state index contributed by atoms with van der Waals surface area (Å²) >= 11 is 1.50. The third kappa shape index (κ3) is 2.66. The van der Waals surface area contributed by atoms with Crippen LogP contribution in [0.3, 0.4) is 0 Å². The van der Waals surface area contributed by atoms with Gasteiger partial charge in [0.25, 0.3) is 0 Å². The smallest absolute Gasteiger partial charge is 0.331 e. The number of aliphatic carboxylic acids is 1. The summed E-state index contributed by atoms with van der Waals surface area (Å²) in [5.41, 5.74) is 0.420. The molecule has 0 fully saturated rings. The number of carbonyl (C=O) groups is 1. The zero-order valence-electron chi connectivity index (χ0n) is 7.57. The third-order valence-corrected chi connectivity index (χ3v) is 2.47. The van der Waals surface area contributed by atoms with Gasteiger partial charge < -0.3 is 5.11 Å². The van der Waals surface area contributed by atoms with Crippen LogP contribution >= 0.6 is 11.3 Å². The summed E-state index contributed by atoms with van der Waals surface area (Å²) < 4.78 is 0.